The molecule has 0 aromatic carbocycles. The van der Waals surface area contributed by atoms with Gasteiger partial charge in [0.25, 0.3) is 0 Å². The number of likely N-dealkylation sites (N-methyl/N-ethyl adjacent to an activating group) is 1. The van der Waals surface area contributed by atoms with Gasteiger partial charge in [0, 0.05) is 30.1 Å². The van der Waals surface area contributed by atoms with E-state index in [1.807, 2.05) is 37.1 Å². The first-order chi connectivity index (χ1) is 14.8. The van der Waals surface area contributed by atoms with E-state index in [0.717, 1.165) is 37.8 Å². The van der Waals surface area contributed by atoms with Crippen LogP contribution in [0.5, 0.6) is 0 Å². The Balaban J connectivity index is 1.55. The molecule has 2 amide bonds. The normalized spacial score (nSPS) is 42.2. The summed E-state index contributed by atoms with van der Waals surface area (Å²) >= 11 is 0. The third kappa shape index (κ3) is 3.43. The van der Waals surface area contributed by atoms with Crippen LogP contribution < -0.4 is 5.32 Å². The SMILES string of the molecule is C=C/C(=C\C=C/C)NC(=O)[C@H]1CCC2C3CCC4N(C)C(=O)C=C[C@]4(C)C3CC[C@@]21C. The third-order valence-electron chi connectivity index (χ3n) is 9.40. The summed E-state index contributed by atoms with van der Waals surface area (Å²) in [6.07, 6.45) is 18.1. The lowest BCUT2D eigenvalue weighted by molar-refractivity contribution is -0.142. The summed E-state index contributed by atoms with van der Waals surface area (Å²) in [5.74, 6) is 2.18. The predicted molar refractivity (Wildman–Crippen MR) is 125 cm³/mol. The molecule has 3 aliphatic carbocycles. The van der Waals surface area contributed by atoms with Gasteiger partial charge in [-0.05, 0) is 86.8 Å². The highest BCUT2D eigenvalue weighted by Gasteiger charge is 2.61. The molecule has 7 atom stereocenters. The van der Waals surface area contributed by atoms with Crippen LogP contribution in [0.1, 0.15) is 59.3 Å². The minimum Gasteiger partial charge on any atom is -0.338 e. The Morgan fingerprint density at radius 2 is 1.97 bits per heavy atom. The van der Waals surface area contributed by atoms with E-state index in [2.05, 4.69) is 31.8 Å². The summed E-state index contributed by atoms with van der Waals surface area (Å²) in [6.45, 7) is 10.6. The van der Waals surface area contributed by atoms with E-state index < -0.39 is 0 Å². The zero-order valence-electron chi connectivity index (χ0n) is 19.6. The molecule has 0 aromatic rings. The van der Waals surface area contributed by atoms with Crippen molar-refractivity contribution >= 4 is 11.8 Å². The summed E-state index contributed by atoms with van der Waals surface area (Å²) in [4.78, 5) is 27.5. The number of amides is 2. The zero-order chi connectivity index (χ0) is 22.4. The first kappa shape index (κ1) is 22.1. The monoisotopic (exact) mass is 422 g/mol. The molecule has 0 spiro atoms. The van der Waals surface area contributed by atoms with E-state index >= 15 is 0 Å². The van der Waals surface area contributed by atoms with E-state index in [0.29, 0.717) is 23.8 Å². The van der Waals surface area contributed by atoms with Gasteiger partial charge < -0.3 is 10.2 Å². The van der Waals surface area contributed by atoms with Crippen molar-refractivity contribution < 1.29 is 9.59 Å². The Hall–Kier alpha value is -2.10. The maximum absolute atomic E-state index is 13.3. The van der Waals surface area contributed by atoms with Crippen molar-refractivity contribution in [3.8, 4) is 0 Å². The van der Waals surface area contributed by atoms with Gasteiger partial charge in [0.15, 0.2) is 0 Å². The largest absolute Gasteiger partial charge is 0.338 e. The number of rotatable bonds is 4. The molecule has 4 rings (SSSR count). The van der Waals surface area contributed by atoms with Gasteiger partial charge in [0.2, 0.25) is 11.8 Å². The van der Waals surface area contributed by atoms with Gasteiger partial charge in [-0.25, -0.2) is 0 Å². The van der Waals surface area contributed by atoms with Gasteiger partial charge in [-0.3, -0.25) is 9.59 Å². The zero-order valence-corrected chi connectivity index (χ0v) is 19.6. The quantitative estimate of drug-likeness (QED) is 0.648. The van der Waals surface area contributed by atoms with Gasteiger partial charge in [0.05, 0.1) is 0 Å². The molecule has 31 heavy (non-hydrogen) atoms. The number of allylic oxidation sites excluding steroid dienone is 4. The van der Waals surface area contributed by atoms with E-state index in [1.165, 1.54) is 6.42 Å². The van der Waals surface area contributed by atoms with Crippen molar-refractivity contribution in [1.82, 2.24) is 10.2 Å². The summed E-state index contributed by atoms with van der Waals surface area (Å²) in [5.41, 5.74) is 0.886. The third-order valence-corrected chi connectivity index (χ3v) is 9.40. The van der Waals surface area contributed by atoms with Crippen LogP contribution in [-0.4, -0.2) is 29.8 Å². The lowest BCUT2D eigenvalue weighted by Crippen LogP contribution is -2.59. The van der Waals surface area contributed by atoms with Gasteiger partial charge >= 0.3 is 0 Å². The highest BCUT2D eigenvalue weighted by molar-refractivity contribution is 5.89. The summed E-state index contributed by atoms with van der Waals surface area (Å²) in [7, 11) is 1.97. The Kier molecular flexibility index (Phi) is 5.78. The average Bonchev–Trinajstić information content (AvgIpc) is 3.11. The van der Waals surface area contributed by atoms with Crippen LogP contribution in [0.15, 0.2) is 48.7 Å². The summed E-state index contributed by atoms with van der Waals surface area (Å²) < 4.78 is 0. The van der Waals surface area contributed by atoms with Crippen LogP contribution >= 0.6 is 0 Å². The molecular weight excluding hydrogens is 384 g/mol. The number of nitrogens with zero attached hydrogens (tertiary/aromatic N) is 1. The van der Waals surface area contributed by atoms with E-state index in [9.17, 15) is 9.59 Å². The van der Waals surface area contributed by atoms with Crippen LogP contribution in [0.4, 0.5) is 0 Å². The fraction of sp³-hybridized carbons (Fsp3) is 0.630. The summed E-state index contributed by atoms with van der Waals surface area (Å²) in [6, 6.07) is 0.308. The second kappa shape index (κ2) is 8.11. The highest BCUT2D eigenvalue weighted by atomic mass is 16.2. The highest BCUT2D eigenvalue weighted by Crippen LogP contribution is 2.65. The second-order valence-corrected chi connectivity index (χ2v) is 10.6. The molecule has 1 heterocycles. The molecule has 0 saturated heterocycles. The number of hydrogen-bond donors (Lipinski definition) is 1. The Labute approximate surface area is 187 Å². The molecule has 4 unspecified atom stereocenters. The molecule has 1 aliphatic heterocycles. The van der Waals surface area contributed by atoms with Crippen LogP contribution in [0, 0.1) is 34.5 Å². The van der Waals surface area contributed by atoms with Crippen molar-refractivity contribution in [3.05, 3.63) is 48.7 Å². The Morgan fingerprint density at radius 3 is 2.68 bits per heavy atom. The van der Waals surface area contributed by atoms with Crippen LogP contribution in [-0.2, 0) is 9.59 Å². The molecule has 0 radical (unpaired) electrons. The molecule has 1 N–H and O–H groups in total. The number of carbonyl (C=O) groups excluding carboxylic acids is 2. The molecule has 3 saturated carbocycles. The Morgan fingerprint density at radius 1 is 1.19 bits per heavy atom. The van der Waals surface area contributed by atoms with E-state index in [-0.39, 0.29) is 28.6 Å². The number of carbonyl (C=O) groups is 2. The van der Waals surface area contributed by atoms with Crippen molar-refractivity contribution in [3.63, 3.8) is 0 Å². The van der Waals surface area contributed by atoms with E-state index in [1.54, 1.807) is 12.2 Å². The molecule has 0 aromatic heterocycles. The number of fused-ring (bicyclic) bond motifs is 5. The van der Waals surface area contributed by atoms with Gasteiger partial charge in [-0.15, -0.1) is 0 Å². The number of nitrogens with one attached hydrogen (secondary N) is 1. The van der Waals surface area contributed by atoms with Crippen molar-refractivity contribution in [2.45, 2.75) is 65.3 Å². The van der Waals surface area contributed by atoms with Crippen molar-refractivity contribution in [2.75, 3.05) is 7.05 Å². The molecule has 4 aliphatic rings. The maximum atomic E-state index is 13.3. The second-order valence-electron chi connectivity index (χ2n) is 10.6. The van der Waals surface area contributed by atoms with Crippen LogP contribution in [0.2, 0.25) is 0 Å². The fourth-order valence-corrected chi connectivity index (χ4v) is 7.76. The van der Waals surface area contributed by atoms with E-state index in [4.69, 9.17) is 0 Å². The molecule has 4 nitrogen and oxygen atoms in total. The minimum absolute atomic E-state index is 0.0541. The van der Waals surface area contributed by atoms with Crippen molar-refractivity contribution in [1.29, 1.82) is 0 Å². The van der Waals surface area contributed by atoms with Crippen LogP contribution in [0.3, 0.4) is 0 Å². The first-order valence-electron chi connectivity index (χ1n) is 12.0. The maximum Gasteiger partial charge on any atom is 0.246 e. The Bertz CT molecular complexity index is 855. The molecule has 3 fully saturated rings. The summed E-state index contributed by atoms with van der Waals surface area (Å²) in [5, 5.41) is 3.13. The van der Waals surface area contributed by atoms with Crippen LogP contribution in [0.25, 0.3) is 0 Å². The lowest BCUT2D eigenvalue weighted by atomic mass is 9.47. The average molecular weight is 423 g/mol. The standard InChI is InChI=1S/C27H38N2O2/c1-6-8-9-18(7-2)28-25(31)22-12-11-20-19-10-13-23-27(4,17-15-24(30)29(23)5)21(19)14-16-26(20,22)3/h6-9,15,17,19-23H,2,10-14,16H2,1,3-5H3,(H,28,31)/b8-6-,18-9+/t19?,20?,21?,22-,23?,26+,27-/m1/s1. The number of hydrogen-bond acceptors (Lipinski definition) is 2. The van der Waals surface area contributed by atoms with Gasteiger partial charge in [-0.1, -0.05) is 38.7 Å². The van der Waals surface area contributed by atoms with Gasteiger partial charge in [-0.2, -0.15) is 0 Å². The van der Waals surface area contributed by atoms with Gasteiger partial charge in [0.1, 0.15) is 0 Å². The molecule has 0 bridgehead atoms. The smallest absolute Gasteiger partial charge is 0.246 e. The van der Waals surface area contributed by atoms with Crippen molar-refractivity contribution in [2.24, 2.45) is 34.5 Å². The predicted octanol–water partition coefficient (Wildman–Crippen LogP) is 5.00. The fourth-order valence-electron chi connectivity index (χ4n) is 7.76. The lowest BCUT2D eigenvalue weighted by Gasteiger charge is -2.60. The minimum atomic E-state index is 0.0541. The topological polar surface area (TPSA) is 49.4 Å². The molecular formula is C27H38N2O2. The molecule has 4 heteroatoms. The first-order valence-corrected chi connectivity index (χ1v) is 12.0. The molecule has 168 valence electrons.